The highest BCUT2D eigenvalue weighted by atomic mass is 32.2. The molecule has 0 unspecified atom stereocenters. The number of anilines is 1. The quantitative estimate of drug-likeness (QED) is 0.493. The minimum atomic E-state index is -5.20. The molecule has 0 amide bonds. The van der Waals surface area contributed by atoms with Gasteiger partial charge in [-0.25, -0.2) is 22.6 Å². The summed E-state index contributed by atoms with van der Waals surface area (Å²) in [6.07, 6.45) is -5.20. The molecule has 3 N–H and O–H groups in total. The topological polar surface area (TPSA) is 129 Å². The number of ether oxygens (including phenoxy) is 2. The molecular formula is C20H14F4N2O6S. The molecule has 0 saturated heterocycles. The monoisotopic (exact) mass is 486 g/mol. The van der Waals surface area contributed by atoms with Gasteiger partial charge in [0.05, 0.1) is 5.69 Å². The summed E-state index contributed by atoms with van der Waals surface area (Å²) in [5, 5.41) is 9.26. The molecule has 8 nitrogen and oxygen atoms in total. The van der Waals surface area contributed by atoms with E-state index in [0.29, 0.717) is 6.07 Å². The van der Waals surface area contributed by atoms with Gasteiger partial charge in [-0.15, -0.1) is 13.2 Å². The first kappa shape index (κ1) is 23.8. The number of halogens is 4. The number of pyridine rings is 1. The smallest absolute Gasteiger partial charge is 0.476 e. The van der Waals surface area contributed by atoms with Crippen LogP contribution in [0.15, 0.2) is 58.3 Å². The van der Waals surface area contributed by atoms with E-state index in [1.54, 1.807) is 0 Å². The summed E-state index contributed by atoms with van der Waals surface area (Å²) in [5.41, 5.74) is 4.50. The number of carboxylic acid groups (broad SMARTS) is 1. The predicted octanol–water partition coefficient (Wildman–Crippen LogP) is 4.33. The van der Waals surface area contributed by atoms with Gasteiger partial charge < -0.3 is 20.3 Å². The zero-order valence-corrected chi connectivity index (χ0v) is 17.4. The molecular weight excluding hydrogens is 472 g/mol. The Morgan fingerprint density at radius 1 is 1.09 bits per heavy atom. The number of alkyl halides is 3. The van der Waals surface area contributed by atoms with Gasteiger partial charge in [0.2, 0.25) is 15.7 Å². The van der Waals surface area contributed by atoms with Crippen molar-refractivity contribution in [3.8, 4) is 17.4 Å². The molecule has 1 aromatic heterocycles. The maximum absolute atomic E-state index is 13.5. The second-order valence-electron chi connectivity index (χ2n) is 6.60. The number of hydrogen-bond donors (Lipinski definition) is 2. The van der Waals surface area contributed by atoms with Crippen LogP contribution in [0.3, 0.4) is 0 Å². The second-order valence-corrected chi connectivity index (χ2v) is 8.48. The van der Waals surface area contributed by atoms with Crippen molar-refractivity contribution < 1.29 is 45.4 Å². The molecule has 0 fully saturated rings. The minimum absolute atomic E-state index is 0.254. The Labute approximate surface area is 184 Å². The Morgan fingerprint density at radius 3 is 2.39 bits per heavy atom. The van der Waals surface area contributed by atoms with E-state index in [-0.39, 0.29) is 11.3 Å². The molecule has 0 atom stereocenters. The molecule has 0 radical (unpaired) electrons. The summed E-state index contributed by atoms with van der Waals surface area (Å²) in [7, 11) is -4.86. The number of aromatic nitrogens is 1. The van der Waals surface area contributed by atoms with Crippen molar-refractivity contribution in [2.75, 3.05) is 5.73 Å². The van der Waals surface area contributed by atoms with Gasteiger partial charge in [0, 0.05) is 6.07 Å². The van der Waals surface area contributed by atoms with Crippen LogP contribution in [0.5, 0.6) is 17.4 Å². The molecule has 174 valence electrons. The van der Waals surface area contributed by atoms with Crippen LogP contribution in [0.25, 0.3) is 0 Å². The van der Waals surface area contributed by atoms with Crippen LogP contribution < -0.4 is 15.2 Å². The third-order valence-electron chi connectivity index (χ3n) is 4.10. The molecule has 2 aromatic carbocycles. The van der Waals surface area contributed by atoms with Crippen molar-refractivity contribution in [2.24, 2.45) is 0 Å². The van der Waals surface area contributed by atoms with Crippen LogP contribution >= 0.6 is 0 Å². The number of benzene rings is 2. The Bertz CT molecular complexity index is 1340. The van der Waals surface area contributed by atoms with Gasteiger partial charge in [-0.2, -0.15) is 0 Å². The van der Waals surface area contributed by atoms with Crippen molar-refractivity contribution >= 4 is 21.5 Å². The van der Waals surface area contributed by atoms with Gasteiger partial charge in [-0.3, -0.25) is 0 Å². The third kappa shape index (κ3) is 5.31. The third-order valence-corrected chi connectivity index (χ3v) is 5.89. The number of nitrogens with two attached hydrogens (primary N) is 1. The average Bonchev–Trinajstić information content (AvgIpc) is 2.67. The number of nitrogen functional groups attached to an aromatic ring is 1. The maximum Gasteiger partial charge on any atom is 0.573 e. The lowest BCUT2D eigenvalue weighted by Gasteiger charge is -2.16. The van der Waals surface area contributed by atoms with E-state index >= 15 is 0 Å². The first-order chi connectivity index (χ1) is 15.3. The first-order valence-corrected chi connectivity index (χ1v) is 10.3. The number of sulfone groups is 1. The van der Waals surface area contributed by atoms with E-state index in [1.165, 1.54) is 25.1 Å². The van der Waals surface area contributed by atoms with Gasteiger partial charge in [-0.05, 0) is 42.8 Å². The molecule has 33 heavy (non-hydrogen) atoms. The van der Waals surface area contributed by atoms with E-state index in [4.69, 9.17) is 10.5 Å². The Kier molecular flexibility index (Phi) is 6.18. The fourth-order valence-electron chi connectivity index (χ4n) is 2.73. The predicted molar refractivity (Wildman–Crippen MR) is 105 cm³/mol. The molecule has 0 saturated carbocycles. The molecule has 3 aromatic rings. The molecule has 3 rings (SSSR count). The summed E-state index contributed by atoms with van der Waals surface area (Å²) in [6.45, 7) is 1.42. The van der Waals surface area contributed by atoms with E-state index in [2.05, 4.69) is 9.72 Å². The minimum Gasteiger partial charge on any atom is -0.476 e. The molecule has 0 aliphatic rings. The van der Waals surface area contributed by atoms with Crippen LogP contribution in [0.1, 0.15) is 16.1 Å². The number of aryl methyl sites for hydroxylation is 1. The standard InChI is InChI=1S/C20H14F4N2O6S/c1-10-5-6-15(14(7-10)32-20(22,23)24)33(29,30)16-9-13(25)17(19(27)28)26-18(16)31-12-4-2-3-11(21)8-12/h2-9H,25H2,1H3,(H,27,28). The van der Waals surface area contributed by atoms with E-state index in [1.807, 2.05) is 0 Å². The number of hydrogen-bond acceptors (Lipinski definition) is 7. The molecule has 13 heteroatoms. The molecule has 1 heterocycles. The summed E-state index contributed by atoms with van der Waals surface area (Å²) in [4.78, 5) is 13.2. The fraction of sp³-hybridized carbons (Fsp3) is 0.100. The van der Waals surface area contributed by atoms with Crippen molar-refractivity contribution in [3.63, 3.8) is 0 Å². The first-order valence-electron chi connectivity index (χ1n) is 8.86. The maximum atomic E-state index is 13.5. The van der Waals surface area contributed by atoms with Crippen molar-refractivity contribution in [1.82, 2.24) is 4.98 Å². The Hall–Kier alpha value is -3.87. The van der Waals surface area contributed by atoms with Crippen LogP contribution in [0, 0.1) is 12.7 Å². The van der Waals surface area contributed by atoms with Crippen molar-refractivity contribution in [1.29, 1.82) is 0 Å². The summed E-state index contributed by atoms with van der Waals surface area (Å²) < 4.78 is 88.0. The van der Waals surface area contributed by atoms with Gasteiger partial charge in [0.25, 0.3) is 0 Å². The average molecular weight is 486 g/mol. The van der Waals surface area contributed by atoms with Gasteiger partial charge in [0.1, 0.15) is 27.1 Å². The van der Waals surface area contributed by atoms with Crippen LogP contribution in [-0.2, 0) is 9.84 Å². The molecule has 0 aliphatic carbocycles. The Morgan fingerprint density at radius 2 is 1.79 bits per heavy atom. The van der Waals surface area contributed by atoms with Crippen LogP contribution in [-0.4, -0.2) is 30.8 Å². The van der Waals surface area contributed by atoms with E-state index in [0.717, 1.165) is 24.3 Å². The lowest BCUT2D eigenvalue weighted by Crippen LogP contribution is -2.19. The summed E-state index contributed by atoms with van der Waals surface area (Å²) >= 11 is 0. The number of carbonyl (C=O) groups is 1. The van der Waals surface area contributed by atoms with Crippen LogP contribution in [0.4, 0.5) is 23.2 Å². The SMILES string of the molecule is Cc1ccc(S(=O)(=O)c2cc(N)c(C(=O)O)nc2Oc2cccc(F)c2)c(OC(F)(F)F)c1. The highest BCUT2D eigenvalue weighted by Crippen LogP contribution is 2.39. The van der Waals surface area contributed by atoms with Gasteiger partial charge in [-0.1, -0.05) is 12.1 Å². The van der Waals surface area contributed by atoms with Crippen molar-refractivity contribution in [2.45, 2.75) is 23.1 Å². The fourth-order valence-corrected chi connectivity index (χ4v) is 4.18. The second kappa shape index (κ2) is 8.58. The van der Waals surface area contributed by atoms with E-state index < -0.39 is 60.8 Å². The molecule has 0 bridgehead atoms. The molecule has 0 spiro atoms. The van der Waals surface area contributed by atoms with Crippen LogP contribution in [0.2, 0.25) is 0 Å². The van der Waals surface area contributed by atoms with Gasteiger partial charge >= 0.3 is 12.3 Å². The Balaban J connectivity index is 2.25. The highest BCUT2D eigenvalue weighted by molar-refractivity contribution is 7.91. The number of nitrogens with zero attached hydrogens (tertiary/aromatic N) is 1. The number of carboxylic acids is 1. The largest absolute Gasteiger partial charge is 0.573 e. The zero-order chi connectivity index (χ0) is 24.6. The normalized spacial score (nSPS) is 11.8. The molecule has 0 aliphatic heterocycles. The number of rotatable bonds is 6. The van der Waals surface area contributed by atoms with E-state index in [9.17, 15) is 35.9 Å². The summed E-state index contributed by atoms with van der Waals surface area (Å²) in [6, 6.07) is 8.01. The number of aromatic carboxylic acids is 1. The lowest BCUT2D eigenvalue weighted by atomic mass is 10.2. The lowest BCUT2D eigenvalue weighted by molar-refractivity contribution is -0.275. The summed E-state index contributed by atoms with van der Waals surface area (Å²) in [5.74, 6) is -4.51. The van der Waals surface area contributed by atoms with Gasteiger partial charge in [0.15, 0.2) is 5.69 Å². The van der Waals surface area contributed by atoms with Crippen molar-refractivity contribution in [3.05, 3.63) is 65.6 Å². The highest BCUT2D eigenvalue weighted by Gasteiger charge is 2.36. The zero-order valence-electron chi connectivity index (χ0n) is 16.6.